The maximum absolute atomic E-state index is 2.55. The minimum Gasteiger partial charge on any atom is -0.309 e. The zero-order valence-electron chi connectivity index (χ0n) is 37.0. The fourth-order valence-corrected chi connectivity index (χ4v) is 13.4. The fraction of sp³-hybridized carbons (Fsp3) is 0.0476. The van der Waals surface area contributed by atoms with Crippen molar-refractivity contribution in [3.8, 4) is 39.3 Å². The molecule has 314 valence electrons. The van der Waals surface area contributed by atoms with Crippen LogP contribution in [0.2, 0.25) is 0 Å². The lowest BCUT2D eigenvalue weighted by Crippen LogP contribution is -2.15. The van der Waals surface area contributed by atoms with Crippen LogP contribution in [0.15, 0.2) is 212 Å². The van der Waals surface area contributed by atoms with Crippen molar-refractivity contribution in [3.05, 3.63) is 223 Å². The number of thiophene rings is 1. The van der Waals surface area contributed by atoms with Gasteiger partial charge in [0.25, 0.3) is 0 Å². The molecule has 0 saturated carbocycles. The molecule has 0 unspecified atom stereocenters. The summed E-state index contributed by atoms with van der Waals surface area (Å²) in [5.41, 5.74) is 18.6. The molecule has 3 nitrogen and oxygen atoms in total. The molecule has 0 atom stereocenters. The highest BCUT2D eigenvalue weighted by Gasteiger charge is 2.40. The number of rotatable bonds is 4. The maximum Gasteiger partial charge on any atom is 0.0726 e. The molecule has 4 aromatic heterocycles. The van der Waals surface area contributed by atoms with E-state index >= 15 is 0 Å². The summed E-state index contributed by atoms with van der Waals surface area (Å²) in [6.07, 6.45) is 0. The van der Waals surface area contributed by atoms with Crippen LogP contribution < -0.4 is 0 Å². The van der Waals surface area contributed by atoms with E-state index < -0.39 is 0 Å². The van der Waals surface area contributed by atoms with Gasteiger partial charge in [-0.3, -0.25) is 0 Å². The summed E-state index contributed by atoms with van der Waals surface area (Å²) in [5, 5.41) is 10.4. The van der Waals surface area contributed by atoms with E-state index in [2.05, 4.69) is 240 Å². The number of fused-ring (bicyclic) bond motifs is 18. The van der Waals surface area contributed by atoms with Crippen molar-refractivity contribution >= 4 is 96.9 Å². The van der Waals surface area contributed by atoms with Crippen LogP contribution in [0.3, 0.4) is 0 Å². The molecule has 1 aliphatic carbocycles. The molecule has 0 fully saturated rings. The third-order valence-electron chi connectivity index (χ3n) is 15.0. The molecular formula is C63H41N3S. The van der Waals surface area contributed by atoms with E-state index in [9.17, 15) is 0 Å². The van der Waals surface area contributed by atoms with Crippen molar-refractivity contribution in [2.45, 2.75) is 19.3 Å². The molecule has 0 saturated heterocycles. The summed E-state index contributed by atoms with van der Waals surface area (Å²) < 4.78 is 10.0. The largest absolute Gasteiger partial charge is 0.309 e. The van der Waals surface area contributed by atoms with E-state index in [-0.39, 0.29) is 5.41 Å². The van der Waals surface area contributed by atoms with Crippen molar-refractivity contribution in [1.29, 1.82) is 0 Å². The van der Waals surface area contributed by atoms with Crippen LogP contribution in [0.4, 0.5) is 0 Å². The predicted octanol–water partition coefficient (Wildman–Crippen LogP) is 17.3. The van der Waals surface area contributed by atoms with E-state index in [1.54, 1.807) is 0 Å². The van der Waals surface area contributed by atoms with Gasteiger partial charge in [-0.2, -0.15) is 0 Å². The first-order valence-corrected chi connectivity index (χ1v) is 24.1. The van der Waals surface area contributed by atoms with Crippen molar-refractivity contribution in [1.82, 2.24) is 13.7 Å². The van der Waals surface area contributed by atoms with Gasteiger partial charge in [0.05, 0.1) is 37.8 Å². The van der Waals surface area contributed by atoms with Crippen molar-refractivity contribution in [3.63, 3.8) is 0 Å². The standard InChI is InChI=1S/C63H41N3S/c1-63(2)50-23-11-6-21-46(50)57-58-49-37-39(29-35-55(49)66(40-16-4-3-5-17-40)61(58)62-59(60(57)63)47-22-10-15-27-56(47)67-62)38-28-34-54-48(36-38)45-20-9-14-26-53(45)65(54)42-32-30-41(31-33-42)64-51-24-12-7-18-43(51)44-19-8-13-25-52(44)64/h3-37H,1-2H3. The average molecular weight is 872 g/mol. The Morgan fingerprint density at radius 1 is 0.373 bits per heavy atom. The monoisotopic (exact) mass is 871 g/mol. The second-order valence-electron chi connectivity index (χ2n) is 18.8. The summed E-state index contributed by atoms with van der Waals surface area (Å²) in [4.78, 5) is 0. The van der Waals surface area contributed by atoms with Gasteiger partial charge in [-0.1, -0.05) is 141 Å². The number of nitrogens with zero attached hydrogens (tertiary/aromatic N) is 3. The average Bonchev–Trinajstić information content (AvgIpc) is 4.16. The third-order valence-corrected chi connectivity index (χ3v) is 16.2. The van der Waals surface area contributed by atoms with Gasteiger partial charge in [0.15, 0.2) is 0 Å². The van der Waals surface area contributed by atoms with Crippen molar-refractivity contribution < 1.29 is 0 Å². The number of hydrogen-bond acceptors (Lipinski definition) is 1. The molecule has 0 radical (unpaired) electrons. The number of hydrogen-bond donors (Lipinski definition) is 0. The van der Waals surface area contributed by atoms with Crippen LogP contribution in [0, 0.1) is 0 Å². The molecule has 1 aliphatic rings. The van der Waals surface area contributed by atoms with Crippen LogP contribution in [0.25, 0.3) is 125 Å². The molecule has 4 heteroatoms. The van der Waals surface area contributed by atoms with Crippen molar-refractivity contribution in [2.24, 2.45) is 0 Å². The first-order valence-electron chi connectivity index (χ1n) is 23.3. The highest BCUT2D eigenvalue weighted by atomic mass is 32.1. The van der Waals surface area contributed by atoms with E-state index in [1.165, 1.54) is 125 Å². The Morgan fingerprint density at radius 3 is 1.49 bits per heavy atom. The van der Waals surface area contributed by atoms with Gasteiger partial charge < -0.3 is 13.7 Å². The SMILES string of the molecule is CC1(C)c2ccccc2-c2c1c1c3ccccc3sc1c1c2c2cc(-c3ccc4c(c3)c3ccccc3n4-c3ccc(-n4c5ccccc5c5ccccc54)cc3)ccc2n1-c1ccccc1. The molecule has 14 aromatic rings. The first kappa shape index (κ1) is 37.1. The molecule has 10 aromatic carbocycles. The van der Waals surface area contributed by atoms with E-state index in [0.717, 1.165) is 11.4 Å². The Kier molecular flexibility index (Phi) is 7.44. The highest BCUT2D eigenvalue weighted by molar-refractivity contribution is 7.26. The van der Waals surface area contributed by atoms with Crippen LogP contribution in [-0.4, -0.2) is 13.7 Å². The predicted molar refractivity (Wildman–Crippen MR) is 285 cm³/mol. The van der Waals surface area contributed by atoms with E-state index in [0.29, 0.717) is 0 Å². The molecule has 0 amide bonds. The van der Waals surface area contributed by atoms with Crippen LogP contribution in [-0.2, 0) is 5.41 Å². The molecule has 0 aliphatic heterocycles. The van der Waals surface area contributed by atoms with Gasteiger partial charge in [0, 0.05) is 70.3 Å². The number of benzene rings is 10. The molecule has 0 N–H and O–H groups in total. The lowest BCUT2D eigenvalue weighted by atomic mass is 9.80. The molecule has 15 rings (SSSR count). The normalized spacial score (nSPS) is 13.3. The number of aromatic nitrogens is 3. The minimum atomic E-state index is -0.175. The molecule has 67 heavy (non-hydrogen) atoms. The topological polar surface area (TPSA) is 14.8 Å². The number of para-hydroxylation sites is 4. The van der Waals surface area contributed by atoms with E-state index in [4.69, 9.17) is 0 Å². The zero-order valence-corrected chi connectivity index (χ0v) is 37.8. The quantitative estimate of drug-likeness (QED) is 0.167. The second kappa shape index (κ2) is 13.4. The van der Waals surface area contributed by atoms with Gasteiger partial charge >= 0.3 is 0 Å². The fourth-order valence-electron chi connectivity index (χ4n) is 12.2. The second-order valence-corrected chi connectivity index (χ2v) is 19.9. The van der Waals surface area contributed by atoms with Gasteiger partial charge in [-0.15, -0.1) is 11.3 Å². The Hall–Kier alpha value is -8.18. The zero-order chi connectivity index (χ0) is 44.1. The summed E-state index contributed by atoms with van der Waals surface area (Å²) in [6.45, 7) is 4.87. The molecule has 4 heterocycles. The molecular weight excluding hydrogens is 831 g/mol. The van der Waals surface area contributed by atoms with Gasteiger partial charge in [-0.05, 0) is 118 Å². The summed E-state index contributed by atoms with van der Waals surface area (Å²) in [7, 11) is 0. The van der Waals surface area contributed by atoms with E-state index in [1.807, 2.05) is 11.3 Å². The smallest absolute Gasteiger partial charge is 0.0726 e. The Labute approximate surface area is 390 Å². The highest BCUT2D eigenvalue weighted by Crippen LogP contribution is 2.59. The van der Waals surface area contributed by atoms with Gasteiger partial charge in [0.2, 0.25) is 0 Å². The van der Waals surface area contributed by atoms with Crippen LogP contribution in [0.5, 0.6) is 0 Å². The molecule has 0 spiro atoms. The Bertz CT molecular complexity index is 4350. The summed E-state index contributed by atoms with van der Waals surface area (Å²) in [5.74, 6) is 0. The Morgan fingerprint density at radius 2 is 0.851 bits per heavy atom. The molecule has 0 bridgehead atoms. The minimum absolute atomic E-state index is 0.175. The van der Waals surface area contributed by atoms with Gasteiger partial charge in [0.1, 0.15) is 0 Å². The first-order chi connectivity index (χ1) is 33.0. The lowest BCUT2D eigenvalue weighted by molar-refractivity contribution is 0.667. The lowest BCUT2D eigenvalue weighted by Gasteiger charge is -2.23. The summed E-state index contributed by atoms with van der Waals surface area (Å²) >= 11 is 1.94. The maximum atomic E-state index is 2.55. The third kappa shape index (κ3) is 4.95. The van der Waals surface area contributed by atoms with Crippen LogP contribution in [0.1, 0.15) is 25.0 Å². The van der Waals surface area contributed by atoms with Gasteiger partial charge in [-0.25, -0.2) is 0 Å². The Balaban J connectivity index is 0.954. The summed E-state index contributed by atoms with van der Waals surface area (Å²) in [6, 6.07) is 78.9. The van der Waals surface area contributed by atoms with Crippen LogP contribution >= 0.6 is 11.3 Å². The van der Waals surface area contributed by atoms with Crippen molar-refractivity contribution in [2.75, 3.05) is 0 Å².